The van der Waals surface area contributed by atoms with E-state index in [2.05, 4.69) is 129 Å². The maximum atomic E-state index is 13.1. The van der Waals surface area contributed by atoms with Crippen LogP contribution in [0, 0.1) is 0 Å². The first kappa shape index (κ1) is 76.6. The average molecular weight is 1140 g/mol. The second kappa shape index (κ2) is 60.7. The molecule has 1 aliphatic heterocycles. The molecule has 6 N–H and O–H groups in total. The lowest BCUT2D eigenvalue weighted by atomic mass is 9.99. The van der Waals surface area contributed by atoms with Gasteiger partial charge in [-0.15, -0.1) is 0 Å². The summed E-state index contributed by atoms with van der Waals surface area (Å²) in [7, 11) is 0. The number of ether oxygens (including phenoxy) is 2. The van der Waals surface area contributed by atoms with Gasteiger partial charge in [0.05, 0.1) is 25.4 Å². The molecule has 0 aromatic carbocycles. The van der Waals surface area contributed by atoms with Crippen molar-refractivity contribution < 1.29 is 39.8 Å². The minimum absolute atomic E-state index is 0.209. The first-order valence-corrected chi connectivity index (χ1v) is 33.8. The molecule has 1 amide bonds. The second-order valence-corrected chi connectivity index (χ2v) is 22.9. The van der Waals surface area contributed by atoms with Crippen LogP contribution in [0.5, 0.6) is 0 Å². The number of rotatable bonds is 57. The van der Waals surface area contributed by atoms with Gasteiger partial charge in [-0.2, -0.15) is 0 Å². The van der Waals surface area contributed by atoms with E-state index in [1.807, 2.05) is 6.08 Å². The highest BCUT2D eigenvalue weighted by atomic mass is 16.7. The molecule has 470 valence electrons. The number of aliphatic hydroxyl groups excluding tert-OH is 5. The van der Waals surface area contributed by atoms with Gasteiger partial charge in [0.25, 0.3) is 0 Å². The van der Waals surface area contributed by atoms with E-state index in [0.29, 0.717) is 12.8 Å². The smallest absolute Gasteiger partial charge is 0.220 e. The first-order chi connectivity index (χ1) is 40.3. The SMILES string of the molecule is CC/C=C\C/C=C\C/C=C\C/C=C\C/C=C\C/C=C\C/C=C\C/C=C\C/C=C\CCCCCC(=O)NC(COC1OC(CO)C(O)C(O)C1O)C(O)/C=C/CCCCCCCCCCCCCCCCCCCCCCCCCCCC. The van der Waals surface area contributed by atoms with Gasteiger partial charge in [-0.3, -0.25) is 4.79 Å². The fourth-order valence-corrected chi connectivity index (χ4v) is 10.0. The van der Waals surface area contributed by atoms with Gasteiger partial charge < -0.3 is 40.3 Å². The molecule has 82 heavy (non-hydrogen) atoms. The van der Waals surface area contributed by atoms with Gasteiger partial charge in [0.1, 0.15) is 24.4 Å². The summed E-state index contributed by atoms with van der Waals surface area (Å²) in [6.45, 7) is 3.66. The Kier molecular flexibility index (Phi) is 56.7. The van der Waals surface area contributed by atoms with Gasteiger partial charge in [0.15, 0.2) is 6.29 Å². The maximum absolute atomic E-state index is 13.1. The Morgan fingerprint density at radius 3 is 1.12 bits per heavy atom. The summed E-state index contributed by atoms with van der Waals surface area (Å²) in [5.74, 6) is -0.211. The Bertz CT molecular complexity index is 1710. The molecule has 0 bridgehead atoms. The largest absolute Gasteiger partial charge is 0.394 e. The van der Waals surface area contributed by atoms with Crippen LogP contribution in [0.2, 0.25) is 0 Å². The molecule has 1 heterocycles. The van der Waals surface area contributed by atoms with Gasteiger partial charge in [-0.25, -0.2) is 0 Å². The summed E-state index contributed by atoms with van der Waals surface area (Å²) in [5, 5.41) is 54.7. The summed E-state index contributed by atoms with van der Waals surface area (Å²) < 4.78 is 11.3. The summed E-state index contributed by atoms with van der Waals surface area (Å²) in [6.07, 6.45) is 84.3. The molecule has 0 aromatic heterocycles. The number of aliphatic hydroxyl groups is 5. The highest BCUT2D eigenvalue weighted by molar-refractivity contribution is 5.76. The summed E-state index contributed by atoms with van der Waals surface area (Å²) in [6, 6.07) is -0.834. The zero-order valence-corrected chi connectivity index (χ0v) is 52.5. The lowest BCUT2D eigenvalue weighted by Gasteiger charge is -2.40. The molecule has 7 atom stereocenters. The van der Waals surface area contributed by atoms with E-state index in [4.69, 9.17) is 9.47 Å². The van der Waals surface area contributed by atoms with Gasteiger partial charge in [0.2, 0.25) is 5.91 Å². The van der Waals surface area contributed by atoms with Crippen LogP contribution in [0.3, 0.4) is 0 Å². The van der Waals surface area contributed by atoms with E-state index < -0.39 is 49.5 Å². The Morgan fingerprint density at radius 1 is 0.427 bits per heavy atom. The van der Waals surface area contributed by atoms with Crippen LogP contribution < -0.4 is 5.32 Å². The number of allylic oxidation sites excluding steroid dienone is 19. The molecule has 0 spiro atoms. The molecule has 7 unspecified atom stereocenters. The fraction of sp³-hybridized carbons (Fsp3) is 0.712. The Hall–Kier alpha value is -3.41. The highest BCUT2D eigenvalue weighted by Crippen LogP contribution is 2.23. The highest BCUT2D eigenvalue weighted by Gasteiger charge is 2.44. The van der Waals surface area contributed by atoms with Crippen molar-refractivity contribution in [1.82, 2.24) is 5.32 Å². The lowest BCUT2D eigenvalue weighted by molar-refractivity contribution is -0.302. The number of hydrogen-bond acceptors (Lipinski definition) is 8. The first-order valence-electron chi connectivity index (χ1n) is 33.8. The van der Waals surface area contributed by atoms with Crippen molar-refractivity contribution in [1.29, 1.82) is 0 Å². The van der Waals surface area contributed by atoms with E-state index in [-0.39, 0.29) is 12.5 Å². The summed E-state index contributed by atoms with van der Waals surface area (Å²) in [5.41, 5.74) is 0. The van der Waals surface area contributed by atoms with Crippen LogP contribution in [0.15, 0.2) is 122 Å². The standard InChI is InChI=1S/C73H125NO8/c1-3-5-7-9-11-13-15-17-19-21-23-25-27-29-31-33-34-35-37-39-41-43-45-47-49-51-53-55-57-59-61-63-69(77)74-66(65-81-73-72(80)71(79)70(78)68(64-75)82-73)67(76)62-60-58-56-54-52-50-48-46-44-42-40-38-36-32-30-28-26-24-22-20-18-16-14-12-10-8-6-4-2/h5,7,11,13,17,19,23,25,29,31,34-35,39,41,45,47,51,53,60,62,66-68,70-73,75-76,78-80H,3-4,6,8-10,12,14-16,18,20-22,24,26-28,30,32-33,36-38,40,42-44,46,48-50,52,54-59,61,63-65H2,1-2H3,(H,74,77)/b7-5-,13-11-,19-17-,25-23-,31-29-,35-34-,41-39-,47-45-,53-51-,62-60+. The molecule has 9 nitrogen and oxygen atoms in total. The van der Waals surface area contributed by atoms with E-state index in [1.54, 1.807) is 6.08 Å². The van der Waals surface area contributed by atoms with Gasteiger partial charge in [-0.1, -0.05) is 302 Å². The van der Waals surface area contributed by atoms with Crippen molar-refractivity contribution >= 4 is 5.91 Å². The van der Waals surface area contributed by atoms with Crippen LogP contribution >= 0.6 is 0 Å². The van der Waals surface area contributed by atoms with Gasteiger partial charge >= 0.3 is 0 Å². The predicted octanol–water partition coefficient (Wildman–Crippen LogP) is 18.2. The number of nitrogens with one attached hydrogen (secondary N) is 1. The molecule has 1 fully saturated rings. The molecule has 0 aliphatic carbocycles. The predicted molar refractivity (Wildman–Crippen MR) is 350 cm³/mol. The molecular formula is C73H125NO8. The normalized spacial score (nSPS) is 19.1. The van der Waals surface area contributed by atoms with Crippen LogP contribution in [0.1, 0.15) is 277 Å². The Morgan fingerprint density at radius 2 is 0.756 bits per heavy atom. The Balaban J connectivity index is 2.22. The summed E-state index contributed by atoms with van der Waals surface area (Å²) >= 11 is 0. The van der Waals surface area contributed by atoms with Crippen LogP contribution in [0.25, 0.3) is 0 Å². The number of hydrogen-bond donors (Lipinski definition) is 6. The zero-order valence-electron chi connectivity index (χ0n) is 52.5. The van der Waals surface area contributed by atoms with Crippen molar-refractivity contribution in [3.05, 3.63) is 122 Å². The van der Waals surface area contributed by atoms with E-state index in [0.717, 1.165) is 96.3 Å². The van der Waals surface area contributed by atoms with E-state index >= 15 is 0 Å². The van der Waals surface area contributed by atoms with Crippen molar-refractivity contribution in [2.45, 2.75) is 320 Å². The molecule has 0 radical (unpaired) electrons. The molecule has 1 aliphatic rings. The molecule has 1 rings (SSSR count). The third kappa shape index (κ3) is 48.9. The van der Waals surface area contributed by atoms with Crippen molar-refractivity contribution in [3.63, 3.8) is 0 Å². The van der Waals surface area contributed by atoms with Gasteiger partial charge in [-0.05, 0) is 89.9 Å². The minimum atomic E-state index is -1.58. The monoisotopic (exact) mass is 1140 g/mol. The number of carbonyl (C=O) groups is 1. The molecule has 0 saturated carbocycles. The third-order valence-electron chi connectivity index (χ3n) is 15.3. The minimum Gasteiger partial charge on any atom is -0.394 e. The maximum Gasteiger partial charge on any atom is 0.220 e. The molecular weight excluding hydrogens is 1020 g/mol. The molecule has 0 aromatic rings. The van der Waals surface area contributed by atoms with E-state index in [9.17, 15) is 30.3 Å². The lowest BCUT2D eigenvalue weighted by Crippen LogP contribution is -2.60. The molecule has 1 saturated heterocycles. The third-order valence-corrected chi connectivity index (χ3v) is 15.3. The Labute approximate surface area is 503 Å². The van der Waals surface area contributed by atoms with Crippen LogP contribution in [-0.2, 0) is 14.3 Å². The van der Waals surface area contributed by atoms with E-state index in [1.165, 1.54) is 154 Å². The van der Waals surface area contributed by atoms with Crippen LogP contribution in [-0.4, -0.2) is 87.5 Å². The fourth-order valence-electron chi connectivity index (χ4n) is 10.0. The van der Waals surface area contributed by atoms with Crippen LogP contribution in [0.4, 0.5) is 0 Å². The average Bonchev–Trinajstić information content (AvgIpc) is 3.52. The topological polar surface area (TPSA) is 149 Å². The second-order valence-electron chi connectivity index (χ2n) is 22.9. The van der Waals surface area contributed by atoms with Crippen molar-refractivity contribution in [2.75, 3.05) is 13.2 Å². The van der Waals surface area contributed by atoms with Crippen molar-refractivity contribution in [3.8, 4) is 0 Å². The van der Waals surface area contributed by atoms with Crippen molar-refractivity contribution in [2.24, 2.45) is 0 Å². The number of carbonyl (C=O) groups excluding carboxylic acids is 1. The molecule has 9 heteroatoms. The summed E-state index contributed by atoms with van der Waals surface area (Å²) in [4.78, 5) is 13.1. The van der Waals surface area contributed by atoms with Gasteiger partial charge in [0, 0.05) is 6.42 Å². The zero-order chi connectivity index (χ0) is 59.3. The number of unbranched alkanes of at least 4 members (excludes halogenated alkanes) is 29. The number of amides is 1. The quantitative estimate of drug-likeness (QED) is 0.0261.